The zero-order valence-corrected chi connectivity index (χ0v) is 14.7. The third-order valence-corrected chi connectivity index (χ3v) is 4.66. The Hall–Kier alpha value is -2.89. The summed E-state index contributed by atoms with van der Waals surface area (Å²) in [5, 5.41) is 12.0. The molecule has 0 saturated heterocycles. The highest BCUT2D eigenvalue weighted by Gasteiger charge is 2.20. The van der Waals surface area contributed by atoms with Crippen molar-refractivity contribution in [3.8, 4) is 11.1 Å². The number of methoxy groups -OCH3 is 1. The summed E-state index contributed by atoms with van der Waals surface area (Å²) in [6, 6.07) is 13.5. The van der Waals surface area contributed by atoms with E-state index in [1.807, 2.05) is 42.5 Å². The molecule has 2 N–H and O–H groups in total. The van der Waals surface area contributed by atoms with Crippen molar-refractivity contribution in [2.24, 2.45) is 0 Å². The minimum absolute atomic E-state index is 0.00570. The Bertz CT molecular complexity index is 1130. The molecule has 0 bridgehead atoms. The maximum absolute atomic E-state index is 11.6. The largest absolute Gasteiger partial charge is 0.477 e. The molecule has 0 aliphatic carbocycles. The number of nitrogens with one attached hydrogen (secondary N) is 1. The molecule has 0 saturated carbocycles. The number of hydrogen-bond acceptors (Lipinski definition) is 3. The number of carboxylic acid groups (broad SMARTS) is 1. The number of aromatic amines is 1. The maximum Gasteiger partial charge on any atom is 0.354 e. The van der Waals surface area contributed by atoms with Gasteiger partial charge in [0.25, 0.3) is 0 Å². The van der Waals surface area contributed by atoms with E-state index in [9.17, 15) is 9.90 Å². The van der Waals surface area contributed by atoms with Crippen LogP contribution in [0.2, 0.25) is 5.02 Å². The number of rotatable bonds is 4. The van der Waals surface area contributed by atoms with Crippen molar-refractivity contribution >= 4 is 39.4 Å². The monoisotopic (exact) mass is 366 g/mol. The maximum atomic E-state index is 11.6. The summed E-state index contributed by atoms with van der Waals surface area (Å²) in [5.41, 5.74) is 4.24. The van der Waals surface area contributed by atoms with Gasteiger partial charge in [0.1, 0.15) is 0 Å². The van der Waals surface area contributed by atoms with Crippen LogP contribution in [0.5, 0.6) is 0 Å². The topological polar surface area (TPSA) is 75.2 Å². The SMILES string of the molecule is COCc1c(C(=O)O)ncc2[nH]c3cccc(-c4ccc(Cl)cc4)c3c12. The van der Waals surface area contributed by atoms with Gasteiger partial charge in [-0.1, -0.05) is 35.9 Å². The van der Waals surface area contributed by atoms with Gasteiger partial charge in [-0.05, 0) is 29.3 Å². The standard InChI is InChI=1S/C20H15ClN2O3/c1-26-10-14-18-16(9-22-19(14)20(24)25)23-15-4-2-3-13(17(15)18)11-5-7-12(21)8-6-11/h2-9,23H,10H2,1H3,(H,24,25). The summed E-state index contributed by atoms with van der Waals surface area (Å²) >= 11 is 6.02. The Labute approximate surface area is 154 Å². The first-order valence-electron chi connectivity index (χ1n) is 8.00. The van der Waals surface area contributed by atoms with E-state index in [4.69, 9.17) is 16.3 Å². The van der Waals surface area contributed by atoms with Gasteiger partial charge in [0.15, 0.2) is 5.69 Å². The fraction of sp³-hybridized carbons (Fsp3) is 0.100. The van der Waals surface area contributed by atoms with E-state index < -0.39 is 5.97 Å². The predicted octanol–water partition coefficient (Wildman–Crippen LogP) is 4.88. The van der Waals surface area contributed by atoms with Crippen LogP contribution >= 0.6 is 11.6 Å². The third kappa shape index (κ3) is 2.62. The molecule has 2 aromatic carbocycles. The number of nitrogens with zero attached hydrogens (tertiary/aromatic N) is 1. The second kappa shape index (κ2) is 6.44. The second-order valence-corrected chi connectivity index (χ2v) is 6.41. The molecule has 0 aliphatic rings. The summed E-state index contributed by atoms with van der Waals surface area (Å²) in [5.74, 6) is -1.07. The van der Waals surface area contributed by atoms with Crippen LogP contribution in [0, 0.1) is 0 Å². The highest BCUT2D eigenvalue weighted by molar-refractivity contribution is 6.30. The van der Waals surface area contributed by atoms with Crippen LogP contribution in [-0.2, 0) is 11.3 Å². The Morgan fingerprint density at radius 3 is 2.62 bits per heavy atom. The lowest BCUT2D eigenvalue weighted by molar-refractivity contribution is 0.0685. The second-order valence-electron chi connectivity index (χ2n) is 5.97. The molecule has 2 aromatic heterocycles. The Kier molecular flexibility index (Phi) is 4.11. The lowest BCUT2D eigenvalue weighted by Crippen LogP contribution is -2.07. The van der Waals surface area contributed by atoms with Crippen molar-refractivity contribution in [1.29, 1.82) is 0 Å². The molecule has 4 aromatic rings. The van der Waals surface area contributed by atoms with Crippen molar-refractivity contribution in [2.45, 2.75) is 6.61 Å². The van der Waals surface area contributed by atoms with Crippen LogP contribution < -0.4 is 0 Å². The molecule has 26 heavy (non-hydrogen) atoms. The highest BCUT2D eigenvalue weighted by Crippen LogP contribution is 2.37. The van der Waals surface area contributed by atoms with E-state index in [1.165, 1.54) is 0 Å². The molecule has 0 unspecified atom stereocenters. The Morgan fingerprint density at radius 2 is 1.92 bits per heavy atom. The zero-order valence-electron chi connectivity index (χ0n) is 13.9. The van der Waals surface area contributed by atoms with Crippen molar-refractivity contribution < 1.29 is 14.6 Å². The number of aromatic nitrogens is 2. The Balaban J connectivity index is 2.13. The summed E-state index contributed by atoms with van der Waals surface area (Å²) in [6.45, 7) is 0.161. The Morgan fingerprint density at radius 1 is 1.15 bits per heavy atom. The van der Waals surface area contributed by atoms with Crippen LogP contribution in [0.3, 0.4) is 0 Å². The number of ether oxygens (including phenoxy) is 1. The van der Waals surface area contributed by atoms with E-state index in [2.05, 4.69) is 9.97 Å². The molecule has 2 heterocycles. The number of fused-ring (bicyclic) bond motifs is 3. The molecule has 0 aliphatic heterocycles. The van der Waals surface area contributed by atoms with Crippen molar-refractivity contribution in [3.05, 3.63) is 64.9 Å². The average Bonchev–Trinajstić information content (AvgIpc) is 3.01. The molecule has 0 radical (unpaired) electrons. The number of aromatic carboxylic acids is 1. The molecule has 0 atom stereocenters. The van der Waals surface area contributed by atoms with Crippen LogP contribution in [0.1, 0.15) is 16.1 Å². The minimum Gasteiger partial charge on any atom is -0.477 e. The molecule has 0 spiro atoms. The first kappa shape index (κ1) is 16.6. The number of carbonyl (C=O) groups is 1. The van der Waals surface area contributed by atoms with Gasteiger partial charge in [0.05, 0.1) is 18.3 Å². The van der Waals surface area contributed by atoms with Gasteiger partial charge in [-0.25, -0.2) is 9.78 Å². The minimum atomic E-state index is -1.07. The molecule has 130 valence electrons. The molecule has 0 fully saturated rings. The summed E-state index contributed by atoms with van der Waals surface area (Å²) in [4.78, 5) is 19.1. The van der Waals surface area contributed by atoms with Crippen molar-refractivity contribution in [2.75, 3.05) is 7.11 Å². The van der Waals surface area contributed by atoms with Crippen LogP contribution in [0.4, 0.5) is 0 Å². The van der Waals surface area contributed by atoms with Crippen LogP contribution in [0.15, 0.2) is 48.7 Å². The fourth-order valence-electron chi connectivity index (χ4n) is 3.34. The number of H-pyrrole nitrogens is 1. The van der Waals surface area contributed by atoms with Gasteiger partial charge in [-0.3, -0.25) is 0 Å². The number of carboxylic acids is 1. The fourth-order valence-corrected chi connectivity index (χ4v) is 3.47. The summed E-state index contributed by atoms with van der Waals surface area (Å²) in [6.07, 6.45) is 1.56. The lowest BCUT2D eigenvalue weighted by Gasteiger charge is -2.09. The van der Waals surface area contributed by atoms with Crippen molar-refractivity contribution in [3.63, 3.8) is 0 Å². The van der Waals surface area contributed by atoms with E-state index in [0.29, 0.717) is 10.6 Å². The van der Waals surface area contributed by atoms with Gasteiger partial charge in [0, 0.05) is 34.0 Å². The molecule has 5 nitrogen and oxygen atoms in total. The molecule has 4 rings (SSSR count). The normalized spacial score (nSPS) is 11.3. The molecular formula is C20H15ClN2O3. The first-order chi connectivity index (χ1) is 12.6. The van der Waals surface area contributed by atoms with E-state index >= 15 is 0 Å². The third-order valence-electron chi connectivity index (χ3n) is 4.41. The first-order valence-corrected chi connectivity index (χ1v) is 8.38. The quantitative estimate of drug-likeness (QED) is 0.539. The molecule has 0 amide bonds. The summed E-state index contributed by atoms with van der Waals surface area (Å²) < 4.78 is 5.27. The van der Waals surface area contributed by atoms with Crippen LogP contribution in [0.25, 0.3) is 32.9 Å². The molecule has 6 heteroatoms. The number of hydrogen-bond donors (Lipinski definition) is 2. The van der Waals surface area contributed by atoms with E-state index in [-0.39, 0.29) is 12.3 Å². The van der Waals surface area contributed by atoms with Gasteiger partial charge in [0.2, 0.25) is 0 Å². The molecular weight excluding hydrogens is 352 g/mol. The predicted molar refractivity (Wildman–Crippen MR) is 102 cm³/mol. The average molecular weight is 367 g/mol. The smallest absolute Gasteiger partial charge is 0.354 e. The van der Waals surface area contributed by atoms with Gasteiger partial charge >= 0.3 is 5.97 Å². The van der Waals surface area contributed by atoms with Crippen molar-refractivity contribution in [1.82, 2.24) is 9.97 Å². The van der Waals surface area contributed by atoms with Gasteiger partial charge < -0.3 is 14.8 Å². The number of pyridine rings is 1. The van der Waals surface area contributed by atoms with Gasteiger partial charge in [-0.2, -0.15) is 0 Å². The number of benzene rings is 2. The van der Waals surface area contributed by atoms with Gasteiger partial charge in [-0.15, -0.1) is 0 Å². The highest BCUT2D eigenvalue weighted by atomic mass is 35.5. The summed E-state index contributed by atoms with van der Waals surface area (Å²) in [7, 11) is 1.54. The zero-order chi connectivity index (χ0) is 18.3. The number of halogens is 1. The van der Waals surface area contributed by atoms with E-state index in [1.54, 1.807) is 13.3 Å². The van der Waals surface area contributed by atoms with E-state index in [0.717, 1.165) is 32.9 Å². The van der Waals surface area contributed by atoms with Crippen LogP contribution in [-0.4, -0.2) is 28.2 Å². The lowest BCUT2D eigenvalue weighted by atomic mass is 9.97.